The molecule has 0 aliphatic carbocycles. The summed E-state index contributed by atoms with van der Waals surface area (Å²) < 4.78 is 10.9. The number of aliphatic hydroxyl groups is 1. The molecule has 136 valence electrons. The van der Waals surface area contributed by atoms with Gasteiger partial charge < -0.3 is 19.9 Å². The minimum Gasteiger partial charge on any atom is -0.490 e. The Morgan fingerprint density at radius 3 is 2.88 bits per heavy atom. The van der Waals surface area contributed by atoms with E-state index in [1.807, 2.05) is 6.07 Å². The quantitative estimate of drug-likeness (QED) is 0.619. The molecule has 1 aromatic carbocycles. The third-order valence-corrected chi connectivity index (χ3v) is 4.44. The van der Waals surface area contributed by atoms with Crippen molar-refractivity contribution >= 4 is 33.8 Å². The van der Waals surface area contributed by atoms with Crippen molar-refractivity contribution in [1.82, 2.24) is 9.97 Å². The molecule has 0 aliphatic rings. The standard InChI is InChI=1S/C18H19N3O4S/c1-11(22)18(23)20-12-3-4-14-13(7-12)16(25-6-5-24-2)8-15(21-14)17-9-19-10-26-17/h3-4,7-11,22H,5-6H2,1-2H3,(H,20,23)/t11-/m1/s1. The number of carbonyl (C=O) groups is 1. The number of ether oxygens (including phenoxy) is 2. The molecule has 0 saturated heterocycles. The number of rotatable bonds is 7. The molecule has 0 radical (unpaired) electrons. The van der Waals surface area contributed by atoms with Crippen molar-refractivity contribution < 1.29 is 19.4 Å². The van der Waals surface area contributed by atoms with Gasteiger partial charge in [-0.05, 0) is 25.1 Å². The van der Waals surface area contributed by atoms with Gasteiger partial charge in [0, 0.05) is 30.4 Å². The highest BCUT2D eigenvalue weighted by Gasteiger charge is 2.13. The van der Waals surface area contributed by atoms with E-state index >= 15 is 0 Å². The van der Waals surface area contributed by atoms with Gasteiger partial charge in [-0.1, -0.05) is 0 Å². The molecular weight excluding hydrogens is 354 g/mol. The number of anilines is 1. The SMILES string of the molecule is COCCOc1cc(-c2cncs2)nc2ccc(NC(=O)[C@@H](C)O)cc12. The second kappa shape index (κ2) is 8.22. The van der Waals surface area contributed by atoms with Crippen molar-refractivity contribution in [3.8, 4) is 16.3 Å². The topological polar surface area (TPSA) is 93.6 Å². The molecule has 0 bridgehead atoms. The fourth-order valence-electron chi connectivity index (χ4n) is 2.34. The van der Waals surface area contributed by atoms with Crippen molar-refractivity contribution in [1.29, 1.82) is 0 Å². The van der Waals surface area contributed by atoms with Crippen molar-refractivity contribution in [2.75, 3.05) is 25.6 Å². The van der Waals surface area contributed by atoms with E-state index in [0.717, 1.165) is 21.5 Å². The van der Waals surface area contributed by atoms with Crippen LogP contribution >= 0.6 is 11.3 Å². The number of hydrogen-bond donors (Lipinski definition) is 2. The van der Waals surface area contributed by atoms with E-state index in [-0.39, 0.29) is 0 Å². The smallest absolute Gasteiger partial charge is 0.252 e. The Morgan fingerprint density at radius 2 is 2.19 bits per heavy atom. The molecule has 2 aromatic heterocycles. The Kier molecular flexibility index (Phi) is 5.77. The van der Waals surface area contributed by atoms with Crippen LogP contribution in [0, 0.1) is 0 Å². The molecule has 1 amide bonds. The highest BCUT2D eigenvalue weighted by molar-refractivity contribution is 7.13. The van der Waals surface area contributed by atoms with Gasteiger partial charge >= 0.3 is 0 Å². The van der Waals surface area contributed by atoms with E-state index in [1.165, 1.54) is 18.3 Å². The molecule has 3 rings (SSSR count). The molecule has 3 aromatic rings. The van der Waals surface area contributed by atoms with Crippen LogP contribution in [0.25, 0.3) is 21.5 Å². The van der Waals surface area contributed by atoms with Crippen LogP contribution in [0.3, 0.4) is 0 Å². The van der Waals surface area contributed by atoms with Crippen molar-refractivity contribution in [3.05, 3.63) is 36.0 Å². The molecule has 8 heteroatoms. The van der Waals surface area contributed by atoms with E-state index < -0.39 is 12.0 Å². The summed E-state index contributed by atoms with van der Waals surface area (Å²) in [5.41, 5.74) is 3.82. The minimum atomic E-state index is -1.09. The first-order valence-electron chi connectivity index (χ1n) is 8.03. The van der Waals surface area contributed by atoms with E-state index in [2.05, 4.69) is 15.3 Å². The van der Waals surface area contributed by atoms with Gasteiger partial charge in [0.2, 0.25) is 0 Å². The number of nitrogens with one attached hydrogen (secondary N) is 1. The average Bonchev–Trinajstić information content (AvgIpc) is 3.16. The summed E-state index contributed by atoms with van der Waals surface area (Å²) in [6, 6.07) is 7.18. The molecule has 1 atom stereocenters. The minimum absolute atomic E-state index is 0.391. The van der Waals surface area contributed by atoms with Gasteiger partial charge in [-0.25, -0.2) is 4.98 Å². The van der Waals surface area contributed by atoms with Gasteiger partial charge in [-0.2, -0.15) is 0 Å². The number of nitrogens with zero attached hydrogens (tertiary/aromatic N) is 2. The molecule has 7 nitrogen and oxygen atoms in total. The van der Waals surface area contributed by atoms with Gasteiger partial charge in [0.1, 0.15) is 18.5 Å². The molecular formula is C18H19N3O4S. The number of hydrogen-bond acceptors (Lipinski definition) is 7. The third kappa shape index (κ3) is 4.16. The maximum atomic E-state index is 11.7. The fraction of sp³-hybridized carbons (Fsp3) is 0.278. The second-order valence-electron chi connectivity index (χ2n) is 5.61. The fourth-order valence-corrected chi connectivity index (χ4v) is 2.92. The number of amides is 1. The number of aliphatic hydroxyl groups excluding tert-OH is 1. The first-order valence-corrected chi connectivity index (χ1v) is 8.91. The molecule has 26 heavy (non-hydrogen) atoms. The van der Waals surface area contributed by atoms with Crippen molar-refractivity contribution in [2.24, 2.45) is 0 Å². The Labute approximate surface area is 154 Å². The van der Waals surface area contributed by atoms with Crippen LogP contribution in [0.4, 0.5) is 5.69 Å². The molecule has 0 spiro atoms. The van der Waals surface area contributed by atoms with Crippen LogP contribution in [0.5, 0.6) is 5.75 Å². The highest BCUT2D eigenvalue weighted by Crippen LogP contribution is 2.33. The normalized spacial score (nSPS) is 12.1. The molecule has 0 aliphatic heterocycles. The largest absolute Gasteiger partial charge is 0.490 e. The van der Waals surface area contributed by atoms with Crippen LogP contribution < -0.4 is 10.1 Å². The number of benzene rings is 1. The number of carbonyl (C=O) groups excluding carboxylic acids is 1. The van der Waals surface area contributed by atoms with Crippen LogP contribution in [0.15, 0.2) is 36.0 Å². The van der Waals surface area contributed by atoms with Crippen molar-refractivity contribution in [2.45, 2.75) is 13.0 Å². The lowest BCUT2D eigenvalue weighted by molar-refractivity contribution is -0.123. The second-order valence-corrected chi connectivity index (χ2v) is 6.50. The lowest BCUT2D eigenvalue weighted by atomic mass is 10.1. The Hall–Kier alpha value is -2.55. The van der Waals surface area contributed by atoms with E-state index in [9.17, 15) is 9.90 Å². The predicted octanol–water partition coefficient (Wildman–Crippen LogP) is 2.70. The van der Waals surface area contributed by atoms with Crippen LogP contribution in [0.1, 0.15) is 6.92 Å². The molecule has 0 unspecified atom stereocenters. The summed E-state index contributed by atoms with van der Waals surface area (Å²) >= 11 is 1.50. The Morgan fingerprint density at radius 1 is 1.35 bits per heavy atom. The first-order chi connectivity index (χ1) is 12.6. The van der Waals surface area contributed by atoms with Crippen molar-refractivity contribution in [3.63, 3.8) is 0 Å². The van der Waals surface area contributed by atoms with Crippen LogP contribution in [-0.2, 0) is 9.53 Å². The Balaban J connectivity index is 2.01. The summed E-state index contributed by atoms with van der Waals surface area (Å²) in [5, 5.41) is 12.8. The van der Waals surface area contributed by atoms with E-state index in [4.69, 9.17) is 9.47 Å². The monoisotopic (exact) mass is 373 g/mol. The molecule has 0 fully saturated rings. The number of fused-ring (bicyclic) bond motifs is 1. The number of aromatic nitrogens is 2. The zero-order valence-electron chi connectivity index (χ0n) is 14.4. The van der Waals surface area contributed by atoms with Gasteiger partial charge in [0.25, 0.3) is 5.91 Å². The van der Waals surface area contributed by atoms with Crippen LogP contribution in [0.2, 0.25) is 0 Å². The van der Waals surface area contributed by atoms with Gasteiger partial charge in [-0.3, -0.25) is 9.78 Å². The molecule has 0 saturated carbocycles. The highest BCUT2D eigenvalue weighted by atomic mass is 32.1. The summed E-state index contributed by atoms with van der Waals surface area (Å²) in [6.07, 6.45) is 0.671. The summed E-state index contributed by atoms with van der Waals surface area (Å²) in [5.74, 6) is 0.170. The number of methoxy groups -OCH3 is 1. The van der Waals surface area contributed by atoms with Crippen LogP contribution in [-0.4, -0.2) is 47.4 Å². The van der Waals surface area contributed by atoms with Gasteiger partial charge in [0.15, 0.2) is 0 Å². The summed E-state index contributed by atoms with van der Waals surface area (Å²) in [4.78, 5) is 21.4. The number of thiazole rings is 1. The summed E-state index contributed by atoms with van der Waals surface area (Å²) in [7, 11) is 1.61. The third-order valence-electron chi connectivity index (χ3n) is 3.65. The van der Waals surface area contributed by atoms with Gasteiger partial charge in [-0.15, -0.1) is 11.3 Å². The average molecular weight is 373 g/mol. The predicted molar refractivity (Wildman–Crippen MR) is 101 cm³/mol. The maximum Gasteiger partial charge on any atom is 0.252 e. The van der Waals surface area contributed by atoms with E-state index in [1.54, 1.807) is 37.0 Å². The zero-order chi connectivity index (χ0) is 18.5. The summed E-state index contributed by atoms with van der Waals surface area (Å²) in [6.45, 7) is 2.26. The first kappa shape index (κ1) is 18.2. The lowest BCUT2D eigenvalue weighted by Gasteiger charge is -2.13. The maximum absolute atomic E-state index is 11.7. The molecule has 2 N–H and O–H groups in total. The lowest BCUT2D eigenvalue weighted by Crippen LogP contribution is -2.24. The van der Waals surface area contributed by atoms with E-state index in [0.29, 0.717) is 24.7 Å². The van der Waals surface area contributed by atoms with Gasteiger partial charge in [0.05, 0.1) is 28.2 Å². The number of pyridine rings is 1. The Bertz CT molecular complexity index is 897. The molecule has 2 heterocycles. The zero-order valence-corrected chi connectivity index (χ0v) is 15.2.